The van der Waals surface area contributed by atoms with Crippen LogP contribution in [0.25, 0.3) is 0 Å². The highest BCUT2D eigenvalue weighted by Crippen LogP contribution is 2.25. The van der Waals surface area contributed by atoms with Gasteiger partial charge in [-0.25, -0.2) is 8.42 Å². The summed E-state index contributed by atoms with van der Waals surface area (Å²) in [6.45, 7) is 0.537. The maximum absolute atomic E-state index is 11.0. The van der Waals surface area contributed by atoms with Crippen molar-refractivity contribution in [2.75, 3.05) is 31.0 Å². The van der Waals surface area contributed by atoms with Crippen molar-refractivity contribution in [3.05, 3.63) is 23.8 Å². The largest absolute Gasteiger partial charge is 0.495 e. The Morgan fingerprint density at radius 1 is 1.44 bits per heavy atom. The summed E-state index contributed by atoms with van der Waals surface area (Å²) in [4.78, 5) is 0. The highest BCUT2D eigenvalue weighted by molar-refractivity contribution is 7.90. The molecule has 98 valence electrons. The van der Waals surface area contributed by atoms with Crippen LogP contribution in [0.2, 0.25) is 0 Å². The highest BCUT2D eigenvalue weighted by Gasteiger charge is 2.05. The number of nitriles is 1. The molecule has 0 amide bonds. The second kappa shape index (κ2) is 6.26. The van der Waals surface area contributed by atoms with E-state index in [-0.39, 0.29) is 5.75 Å². The van der Waals surface area contributed by atoms with Gasteiger partial charge in [-0.1, -0.05) is 0 Å². The van der Waals surface area contributed by atoms with E-state index >= 15 is 0 Å². The van der Waals surface area contributed by atoms with Gasteiger partial charge in [0.1, 0.15) is 15.6 Å². The van der Waals surface area contributed by atoms with Gasteiger partial charge in [-0.2, -0.15) is 5.26 Å². The summed E-state index contributed by atoms with van der Waals surface area (Å²) >= 11 is 0. The van der Waals surface area contributed by atoms with E-state index in [0.717, 1.165) is 5.69 Å². The number of nitrogens with one attached hydrogen (secondary N) is 1. The first-order valence-corrected chi connectivity index (χ1v) is 7.52. The molecular formula is C12H16N2O3S. The summed E-state index contributed by atoms with van der Waals surface area (Å²) < 4.78 is 27.1. The third kappa shape index (κ3) is 4.63. The van der Waals surface area contributed by atoms with Crippen LogP contribution in [0.1, 0.15) is 12.0 Å². The lowest BCUT2D eigenvalue weighted by Crippen LogP contribution is -2.10. The molecule has 1 N–H and O–H groups in total. The van der Waals surface area contributed by atoms with Gasteiger partial charge in [-0.05, 0) is 18.6 Å². The number of nitrogens with zero attached hydrogens (tertiary/aromatic N) is 1. The number of sulfone groups is 1. The first-order chi connectivity index (χ1) is 8.46. The molecule has 0 heterocycles. The van der Waals surface area contributed by atoms with Gasteiger partial charge < -0.3 is 10.1 Å². The van der Waals surface area contributed by atoms with Gasteiger partial charge in [-0.3, -0.25) is 0 Å². The number of rotatable bonds is 6. The molecule has 18 heavy (non-hydrogen) atoms. The van der Waals surface area contributed by atoms with Crippen LogP contribution in [0.5, 0.6) is 5.75 Å². The zero-order valence-corrected chi connectivity index (χ0v) is 11.3. The van der Waals surface area contributed by atoms with E-state index in [1.54, 1.807) is 18.2 Å². The predicted molar refractivity (Wildman–Crippen MR) is 70.5 cm³/mol. The van der Waals surface area contributed by atoms with Gasteiger partial charge >= 0.3 is 0 Å². The number of ether oxygens (including phenoxy) is 1. The average Bonchev–Trinajstić information content (AvgIpc) is 2.33. The number of hydrogen-bond acceptors (Lipinski definition) is 5. The fourth-order valence-corrected chi connectivity index (χ4v) is 2.13. The van der Waals surface area contributed by atoms with Crippen LogP contribution in [0.4, 0.5) is 5.69 Å². The molecule has 0 bridgehead atoms. The molecule has 1 rings (SSSR count). The molecule has 1 aromatic rings. The lowest BCUT2D eigenvalue weighted by Gasteiger charge is -2.10. The minimum Gasteiger partial charge on any atom is -0.495 e. The molecule has 0 saturated heterocycles. The van der Waals surface area contributed by atoms with E-state index in [1.165, 1.54) is 13.4 Å². The molecule has 0 saturated carbocycles. The monoisotopic (exact) mass is 268 g/mol. The van der Waals surface area contributed by atoms with E-state index in [4.69, 9.17) is 10.00 Å². The minimum atomic E-state index is -2.92. The van der Waals surface area contributed by atoms with E-state index in [1.807, 2.05) is 6.07 Å². The Morgan fingerprint density at radius 3 is 2.72 bits per heavy atom. The van der Waals surface area contributed by atoms with E-state index in [9.17, 15) is 8.42 Å². The van der Waals surface area contributed by atoms with Crippen molar-refractivity contribution in [3.8, 4) is 11.8 Å². The fourth-order valence-electron chi connectivity index (χ4n) is 1.46. The summed E-state index contributed by atoms with van der Waals surface area (Å²) in [6.07, 6.45) is 1.75. The van der Waals surface area contributed by atoms with Gasteiger partial charge in [-0.15, -0.1) is 0 Å². The Labute approximate surface area is 107 Å². The van der Waals surface area contributed by atoms with Crippen LogP contribution in [-0.4, -0.2) is 34.1 Å². The maximum atomic E-state index is 11.0. The number of hydrogen-bond donors (Lipinski definition) is 1. The zero-order valence-electron chi connectivity index (χ0n) is 10.4. The third-order valence-electron chi connectivity index (χ3n) is 2.34. The molecule has 0 aliphatic rings. The van der Waals surface area contributed by atoms with Crippen LogP contribution >= 0.6 is 0 Å². The Balaban J connectivity index is 2.60. The van der Waals surface area contributed by atoms with Crippen LogP contribution in [0.15, 0.2) is 18.2 Å². The fraction of sp³-hybridized carbons (Fsp3) is 0.417. The van der Waals surface area contributed by atoms with Crippen LogP contribution in [-0.2, 0) is 9.84 Å². The second-order valence-corrected chi connectivity index (χ2v) is 6.20. The van der Waals surface area contributed by atoms with Gasteiger partial charge in [0.05, 0.1) is 30.2 Å². The Hall–Kier alpha value is -1.74. The molecule has 5 nitrogen and oxygen atoms in total. The van der Waals surface area contributed by atoms with Crippen molar-refractivity contribution in [1.29, 1.82) is 5.26 Å². The van der Waals surface area contributed by atoms with Crippen LogP contribution in [0.3, 0.4) is 0 Å². The summed E-state index contributed by atoms with van der Waals surface area (Å²) in [5, 5.41) is 11.8. The number of methoxy groups -OCH3 is 1. The summed E-state index contributed by atoms with van der Waals surface area (Å²) in [5.74, 6) is 0.729. The molecule has 0 radical (unpaired) electrons. The van der Waals surface area contributed by atoms with Gasteiger partial charge in [0, 0.05) is 18.9 Å². The Bertz CT molecular complexity index is 547. The van der Waals surface area contributed by atoms with Crippen LogP contribution < -0.4 is 10.1 Å². The van der Waals surface area contributed by atoms with Crippen molar-refractivity contribution >= 4 is 15.5 Å². The van der Waals surface area contributed by atoms with Gasteiger partial charge in [0.2, 0.25) is 0 Å². The Kier molecular flexibility index (Phi) is 4.98. The van der Waals surface area contributed by atoms with Crippen molar-refractivity contribution in [2.24, 2.45) is 0 Å². The molecule has 0 aliphatic heterocycles. The standard InChI is InChI=1S/C12H16N2O3S/c1-17-12-8-10(9-13)4-5-11(12)14-6-3-7-18(2,15)16/h4-5,8,14H,3,6-7H2,1-2H3. The maximum Gasteiger partial charge on any atom is 0.147 e. The molecule has 0 spiro atoms. The lowest BCUT2D eigenvalue weighted by molar-refractivity contribution is 0.416. The molecule has 1 aromatic carbocycles. The summed E-state index contributed by atoms with van der Waals surface area (Å²) in [5.41, 5.74) is 1.28. The van der Waals surface area contributed by atoms with Crippen molar-refractivity contribution in [2.45, 2.75) is 6.42 Å². The smallest absolute Gasteiger partial charge is 0.147 e. The molecule has 6 heteroatoms. The minimum absolute atomic E-state index is 0.151. The van der Waals surface area contributed by atoms with Crippen LogP contribution in [0, 0.1) is 11.3 Å². The molecule has 0 atom stereocenters. The van der Waals surface area contributed by atoms with Crippen molar-refractivity contribution in [1.82, 2.24) is 0 Å². The molecule has 0 unspecified atom stereocenters. The van der Waals surface area contributed by atoms with E-state index in [0.29, 0.717) is 24.3 Å². The average molecular weight is 268 g/mol. The molecular weight excluding hydrogens is 252 g/mol. The SMILES string of the molecule is COc1cc(C#N)ccc1NCCCS(C)(=O)=O. The normalized spacial score (nSPS) is 10.7. The molecule has 0 aliphatic carbocycles. The first-order valence-electron chi connectivity index (χ1n) is 5.46. The summed E-state index contributed by atoms with van der Waals surface area (Å²) in [7, 11) is -1.39. The van der Waals surface area contributed by atoms with E-state index in [2.05, 4.69) is 5.32 Å². The lowest BCUT2D eigenvalue weighted by atomic mass is 10.2. The zero-order chi connectivity index (χ0) is 13.6. The molecule has 0 fully saturated rings. The van der Waals surface area contributed by atoms with Crippen molar-refractivity contribution in [3.63, 3.8) is 0 Å². The molecule has 0 aromatic heterocycles. The second-order valence-electron chi connectivity index (χ2n) is 3.94. The van der Waals surface area contributed by atoms with E-state index < -0.39 is 9.84 Å². The quantitative estimate of drug-likeness (QED) is 0.789. The predicted octanol–water partition coefficient (Wildman–Crippen LogP) is 1.41. The van der Waals surface area contributed by atoms with Gasteiger partial charge in [0.25, 0.3) is 0 Å². The van der Waals surface area contributed by atoms with Gasteiger partial charge in [0.15, 0.2) is 0 Å². The summed E-state index contributed by atoms with van der Waals surface area (Å²) in [6, 6.07) is 7.10. The Morgan fingerprint density at radius 2 is 2.17 bits per heavy atom. The topological polar surface area (TPSA) is 79.2 Å². The first kappa shape index (κ1) is 14.3. The third-order valence-corrected chi connectivity index (χ3v) is 3.37. The van der Waals surface area contributed by atoms with Crippen molar-refractivity contribution < 1.29 is 13.2 Å². The number of anilines is 1. The number of benzene rings is 1. The highest BCUT2D eigenvalue weighted by atomic mass is 32.2.